The van der Waals surface area contributed by atoms with Gasteiger partial charge in [0, 0.05) is 6.92 Å². The first-order chi connectivity index (χ1) is 12.1. The van der Waals surface area contributed by atoms with Crippen LogP contribution in [0.4, 0.5) is 0 Å². The van der Waals surface area contributed by atoms with Gasteiger partial charge in [0.25, 0.3) is 5.79 Å². The average molecular weight is 384 g/mol. The molecular formula is C14H24O12. The largest absolute Gasteiger partial charge is 0.394 e. The molecule has 2 aliphatic heterocycles. The minimum Gasteiger partial charge on any atom is -0.394 e. The first-order valence-electron chi connectivity index (χ1n) is 7.92. The highest BCUT2D eigenvalue weighted by Gasteiger charge is 2.57. The Labute approximate surface area is 147 Å². The normalized spacial score (nSPS) is 49.8. The lowest BCUT2D eigenvalue weighted by molar-refractivity contribution is -0.372. The zero-order chi connectivity index (χ0) is 19.8. The van der Waals surface area contributed by atoms with E-state index in [1.54, 1.807) is 0 Å². The molecule has 0 aromatic heterocycles. The van der Waals surface area contributed by atoms with Gasteiger partial charge < -0.3 is 55.1 Å². The summed E-state index contributed by atoms with van der Waals surface area (Å²) >= 11 is 0. The van der Waals surface area contributed by atoms with Crippen molar-refractivity contribution in [2.45, 2.75) is 67.8 Å². The second kappa shape index (κ2) is 8.08. The van der Waals surface area contributed by atoms with Crippen LogP contribution in [0.3, 0.4) is 0 Å². The fourth-order valence-electron chi connectivity index (χ4n) is 2.93. The van der Waals surface area contributed by atoms with Crippen LogP contribution in [-0.2, 0) is 19.0 Å². The van der Waals surface area contributed by atoms with Gasteiger partial charge in [0.1, 0.15) is 48.8 Å². The molecule has 12 nitrogen and oxygen atoms in total. The van der Waals surface area contributed by atoms with Gasteiger partial charge in [0.15, 0.2) is 12.1 Å². The fraction of sp³-hybridized carbons (Fsp3) is 0.929. The molecule has 2 rings (SSSR count). The summed E-state index contributed by atoms with van der Waals surface area (Å²) in [5.41, 5.74) is 0. The van der Waals surface area contributed by atoms with Crippen LogP contribution in [-0.4, -0.2) is 121 Å². The molecule has 8 N–H and O–H groups in total. The summed E-state index contributed by atoms with van der Waals surface area (Å²) in [5, 5.41) is 78.3. The second-order valence-corrected chi connectivity index (χ2v) is 6.32. The molecule has 0 amide bonds. The number of aliphatic hydroxyl groups is 8. The number of ether oxygens (including phenoxy) is 3. The van der Waals surface area contributed by atoms with Crippen molar-refractivity contribution < 1.29 is 59.9 Å². The van der Waals surface area contributed by atoms with Crippen molar-refractivity contribution >= 4 is 5.78 Å². The number of aliphatic hydroxyl groups excluding tert-OH is 7. The van der Waals surface area contributed by atoms with Crippen LogP contribution in [0.2, 0.25) is 0 Å². The third-order valence-electron chi connectivity index (χ3n) is 4.58. The molecule has 10 atom stereocenters. The number of carbonyl (C=O) groups excluding carboxylic acids is 1. The van der Waals surface area contributed by atoms with E-state index in [1.807, 2.05) is 0 Å². The third-order valence-corrected chi connectivity index (χ3v) is 4.58. The van der Waals surface area contributed by atoms with Crippen molar-refractivity contribution in [1.29, 1.82) is 0 Å². The Morgan fingerprint density at radius 2 is 1.54 bits per heavy atom. The summed E-state index contributed by atoms with van der Waals surface area (Å²) < 4.78 is 15.4. The molecule has 0 spiro atoms. The quantitative estimate of drug-likeness (QED) is 0.223. The Bertz CT molecular complexity index is 498. The van der Waals surface area contributed by atoms with Gasteiger partial charge in [-0.05, 0) is 0 Å². The van der Waals surface area contributed by atoms with Crippen LogP contribution in [0, 0.1) is 0 Å². The van der Waals surface area contributed by atoms with E-state index in [-0.39, 0.29) is 0 Å². The van der Waals surface area contributed by atoms with E-state index in [0.717, 1.165) is 6.92 Å². The summed E-state index contributed by atoms with van der Waals surface area (Å²) in [6.45, 7) is -0.657. The van der Waals surface area contributed by atoms with Crippen molar-refractivity contribution in [3.05, 3.63) is 0 Å². The highest BCUT2D eigenvalue weighted by Crippen LogP contribution is 2.33. The third kappa shape index (κ3) is 3.63. The molecule has 152 valence electrons. The molecular weight excluding hydrogens is 360 g/mol. The summed E-state index contributed by atoms with van der Waals surface area (Å²) in [6, 6.07) is 0. The van der Waals surface area contributed by atoms with Gasteiger partial charge in [-0.25, -0.2) is 0 Å². The van der Waals surface area contributed by atoms with E-state index in [1.165, 1.54) is 0 Å². The van der Waals surface area contributed by atoms with E-state index >= 15 is 0 Å². The zero-order valence-corrected chi connectivity index (χ0v) is 13.8. The van der Waals surface area contributed by atoms with Gasteiger partial charge >= 0.3 is 0 Å². The van der Waals surface area contributed by atoms with E-state index in [2.05, 4.69) is 0 Å². The predicted octanol–water partition coefficient (Wildman–Crippen LogP) is -5.44. The van der Waals surface area contributed by atoms with Crippen LogP contribution in [0.25, 0.3) is 0 Å². The molecule has 0 bridgehead atoms. The van der Waals surface area contributed by atoms with Crippen molar-refractivity contribution in [3.63, 3.8) is 0 Å². The fourth-order valence-corrected chi connectivity index (χ4v) is 2.93. The number of rotatable bonds is 5. The molecule has 2 aliphatic rings. The Balaban J connectivity index is 2.20. The molecule has 0 aliphatic carbocycles. The Morgan fingerprint density at radius 1 is 0.962 bits per heavy atom. The monoisotopic (exact) mass is 384 g/mol. The van der Waals surface area contributed by atoms with Crippen molar-refractivity contribution in [3.8, 4) is 0 Å². The molecule has 0 radical (unpaired) electrons. The summed E-state index contributed by atoms with van der Waals surface area (Å²) in [7, 11) is 0. The Hall–Kier alpha value is -0.770. The van der Waals surface area contributed by atoms with Crippen molar-refractivity contribution in [1.82, 2.24) is 0 Å². The van der Waals surface area contributed by atoms with Gasteiger partial charge in [-0.15, -0.1) is 0 Å². The average Bonchev–Trinajstić information content (AvgIpc) is 2.61. The van der Waals surface area contributed by atoms with Gasteiger partial charge in [-0.3, -0.25) is 4.79 Å². The zero-order valence-electron chi connectivity index (χ0n) is 13.8. The van der Waals surface area contributed by atoms with Crippen LogP contribution in [0.15, 0.2) is 0 Å². The van der Waals surface area contributed by atoms with E-state index in [4.69, 9.17) is 19.3 Å². The molecule has 1 unspecified atom stereocenters. The Morgan fingerprint density at radius 3 is 2.04 bits per heavy atom. The van der Waals surface area contributed by atoms with Crippen molar-refractivity contribution in [2.75, 3.05) is 13.2 Å². The highest BCUT2D eigenvalue weighted by molar-refractivity contribution is 5.84. The maximum Gasteiger partial charge on any atom is 0.256 e. The van der Waals surface area contributed by atoms with Gasteiger partial charge in [-0.2, -0.15) is 0 Å². The lowest BCUT2D eigenvalue weighted by atomic mass is 9.90. The summed E-state index contributed by atoms with van der Waals surface area (Å²) in [6.07, 6.45) is -15.3. The van der Waals surface area contributed by atoms with Crippen LogP contribution >= 0.6 is 0 Å². The minimum atomic E-state index is -2.78. The first-order valence-corrected chi connectivity index (χ1v) is 7.92. The second-order valence-electron chi connectivity index (χ2n) is 6.32. The molecule has 0 aromatic carbocycles. The van der Waals surface area contributed by atoms with Crippen molar-refractivity contribution in [2.24, 2.45) is 0 Å². The molecule has 12 heteroatoms. The number of ketones is 1. The number of hydrogen-bond acceptors (Lipinski definition) is 12. The smallest absolute Gasteiger partial charge is 0.256 e. The summed E-state index contributed by atoms with van der Waals surface area (Å²) in [5.74, 6) is -3.80. The van der Waals surface area contributed by atoms with E-state index in [0.29, 0.717) is 0 Å². The lowest BCUT2D eigenvalue weighted by Gasteiger charge is -2.48. The number of hydrogen-bond donors (Lipinski definition) is 8. The van der Waals surface area contributed by atoms with Crippen LogP contribution in [0.5, 0.6) is 0 Å². The molecule has 0 saturated carbocycles. The maximum atomic E-state index is 11.5. The summed E-state index contributed by atoms with van der Waals surface area (Å²) in [4.78, 5) is 11.5. The molecule has 0 aromatic rings. The van der Waals surface area contributed by atoms with Crippen LogP contribution in [0.1, 0.15) is 6.92 Å². The Kier molecular flexibility index (Phi) is 6.69. The molecule has 26 heavy (non-hydrogen) atoms. The maximum absolute atomic E-state index is 11.5. The number of Topliss-reactive ketones (excluding diaryl/α,β-unsaturated/α-hetero) is 1. The van der Waals surface area contributed by atoms with E-state index < -0.39 is 79.9 Å². The molecule has 2 saturated heterocycles. The molecule has 2 heterocycles. The van der Waals surface area contributed by atoms with Gasteiger partial charge in [0.05, 0.1) is 13.2 Å². The first kappa shape index (κ1) is 21.5. The predicted molar refractivity (Wildman–Crippen MR) is 78.2 cm³/mol. The topological polar surface area (TPSA) is 207 Å². The van der Waals surface area contributed by atoms with Gasteiger partial charge in [0.2, 0.25) is 0 Å². The van der Waals surface area contributed by atoms with E-state index in [9.17, 15) is 40.5 Å². The minimum absolute atomic E-state index is 0.718. The molecule has 2 fully saturated rings. The SMILES string of the molecule is CC(=O)C1(O)O[C@H](CO)[C@@H](O[C@@H]2O[C@H](CO)[C@H](O)[C@H](O)[C@H]2O)[C@H](O)[C@H]1O. The highest BCUT2D eigenvalue weighted by atomic mass is 16.7. The lowest BCUT2D eigenvalue weighted by Crippen LogP contribution is -2.69. The number of carbonyl (C=O) groups is 1. The standard InChI is InChI=1S/C14H24O12/c1-4(17)14(23)12(22)10(21)11(6(3-16)26-14)25-13-9(20)8(19)7(18)5(2-15)24-13/h5-13,15-16,18-23H,2-3H2,1H3/t5-,6-,7+,8+,9-,10+,11-,12-,13+,14?/m1/s1. The van der Waals surface area contributed by atoms with Gasteiger partial charge in [-0.1, -0.05) is 0 Å². The van der Waals surface area contributed by atoms with Crippen LogP contribution < -0.4 is 0 Å².